The minimum absolute atomic E-state index is 0.0260. The monoisotopic (exact) mass is 266 g/mol. The van der Waals surface area contributed by atoms with Gasteiger partial charge in [-0.2, -0.15) is 0 Å². The number of hydrogen-bond acceptors (Lipinski definition) is 3. The first-order valence-electron chi connectivity index (χ1n) is 7.87. The van der Waals surface area contributed by atoms with Crippen LogP contribution < -0.4 is 10.6 Å². The van der Waals surface area contributed by atoms with Crippen LogP contribution in [0.25, 0.3) is 0 Å². The topological polar surface area (TPSA) is 61.4 Å². The van der Waals surface area contributed by atoms with Gasteiger partial charge in [0.15, 0.2) is 0 Å². The van der Waals surface area contributed by atoms with E-state index in [-0.39, 0.29) is 24.0 Å². The Morgan fingerprint density at radius 2 is 2.11 bits per heavy atom. The van der Waals surface area contributed by atoms with Gasteiger partial charge in [0, 0.05) is 19.2 Å². The summed E-state index contributed by atoms with van der Waals surface area (Å²) in [5.41, 5.74) is 0.218. The van der Waals surface area contributed by atoms with Crippen LogP contribution in [0.15, 0.2) is 0 Å². The Hall–Kier alpha value is -0.610. The van der Waals surface area contributed by atoms with Crippen molar-refractivity contribution in [2.75, 3.05) is 13.2 Å². The normalized spacial score (nSPS) is 35.7. The Morgan fingerprint density at radius 1 is 1.32 bits per heavy atom. The van der Waals surface area contributed by atoms with E-state index in [1.165, 1.54) is 25.7 Å². The molecule has 0 radical (unpaired) electrons. The molecule has 2 aliphatic carbocycles. The molecular weight excluding hydrogens is 240 g/mol. The molecule has 3 aliphatic rings. The molecule has 0 aromatic rings. The van der Waals surface area contributed by atoms with E-state index in [1.54, 1.807) is 0 Å². The lowest BCUT2D eigenvalue weighted by molar-refractivity contribution is -0.123. The van der Waals surface area contributed by atoms with Crippen LogP contribution in [0, 0.1) is 11.3 Å². The third-order valence-corrected chi connectivity index (χ3v) is 5.42. The average molecular weight is 266 g/mol. The number of hydrogen-bond donors (Lipinski definition) is 3. The molecule has 0 aromatic carbocycles. The summed E-state index contributed by atoms with van der Waals surface area (Å²) >= 11 is 0. The van der Waals surface area contributed by atoms with Crippen LogP contribution >= 0.6 is 0 Å². The zero-order valence-corrected chi connectivity index (χ0v) is 11.7. The summed E-state index contributed by atoms with van der Waals surface area (Å²) in [6, 6.07) is 0.606. The van der Waals surface area contributed by atoms with E-state index < -0.39 is 0 Å². The van der Waals surface area contributed by atoms with Crippen LogP contribution in [-0.2, 0) is 4.79 Å². The van der Waals surface area contributed by atoms with E-state index in [0.29, 0.717) is 6.04 Å². The molecule has 19 heavy (non-hydrogen) atoms. The van der Waals surface area contributed by atoms with Gasteiger partial charge in [-0.3, -0.25) is 4.79 Å². The fourth-order valence-corrected chi connectivity index (χ4v) is 3.85. The first-order valence-corrected chi connectivity index (χ1v) is 7.87. The van der Waals surface area contributed by atoms with E-state index in [0.717, 1.165) is 38.1 Å². The van der Waals surface area contributed by atoms with Crippen molar-refractivity contribution in [2.45, 2.75) is 63.5 Å². The van der Waals surface area contributed by atoms with Gasteiger partial charge in [0.05, 0.1) is 6.04 Å². The fourth-order valence-electron chi connectivity index (χ4n) is 3.85. The lowest BCUT2D eigenvalue weighted by atomic mass is 9.85. The summed E-state index contributed by atoms with van der Waals surface area (Å²) in [6.07, 6.45) is 9.31. The second kappa shape index (κ2) is 5.41. The number of rotatable bonds is 5. The SMILES string of the molecule is O=C(NCC1(CCO)CC1)C1CC2CCCCC2N1. The van der Waals surface area contributed by atoms with Gasteiger partial charge in [-0.25, -0.2) is 0 Å². The van der Waals surface area contributed by atoms with E-state index in [2.05, 4.69) is 10.6 Å². The van der Waals surface area contributed by atoms with Gasteiger partial charge in [0.25, 0.3) is 0 Å². The maximum atomic E-state index is 12.2. The molecule has 1 amide bonds. The number of carbonyl (C=O) groups excluding carboxylic acids is 1. The zero-order valence-electron chi connectivity index (χ0n) is 11.7. The third kappa shape index (κ3) is 2.95. The number of fused-ring (bicyclic) bond motifs is 1. The average Bonchev–Trinajstić information content (AvgIpc) is 3.04. The predicted octanol–water partition coefficient (Wildman–Crippen LogP) is 1.19. The van der Waals surface area contributed by atoms with Gasteiger partial charge in [-0.15, -0.1) is 0 Å². The van der Waals surface area contributed by atoms with Crippen LogP contribution in [0.4, 0.5) is 0 Å². The molecule has 3 rings (SSSR count). The summed E-state index contributed by atoms with van der Waals surface area (Å²) in [5.74, 6) is 0.899. The van der Waals surface area contributed by atoms with Crippen molar-refractivity contribution in [1.29, 1.82) is 0 Å². The van der Waals surface area contributed by atoms with Gasteiger partial charge in [-0.05, 0) is 49.9 Å². The maximum Gasteiger partial charge on any atom is 0.237 e. The number of carbonyl (C=O) groups is 1. The molecule has 4 nitrogen and oxygen atoms in total. The van der Waals surface area contributed by atoms with Gasteiger partial charge in [0.1, 0.15) is 0 Å². The molecule has 108 valence electrons. The van der Waals surface area contributed by atoms with Gasteiger partial charge in [-0.1, -0.05) is 12.8 Å². The quantitative estimate of drug-likeness (QED) is 0.700. The number of amides is 1. The molecule has 0 spiro atoms. The van der Waals surface area contributed by atoms with Crippen LogP contribution in [0.5, 0.6) is 0 Å². The van der Waals surface area contributed by atoms with Crippen LogP contribution in [0.2, 0.25) is 0 Å². The Morgan fingerprint density at radius 3 is 2.79 bits per heavy atom. The van der Waals surface area contributed by atoms with Crippen molar-refractivity contribution in [1.82, 2.24) is 10.6 Å². The lowest BCUT2D eigenvalue weighted by Gasteiger charge is -2.24. The van der Waals surface area contributed by atoms with Gasteiger partial charge < -0.3 is 15.7 Å². The summed E-state index contributed by atoms with van der Waals surface area (Å²) in [4.78, 5) is 12.2. The van der Waals surface area contributed by atoms with Gasteiger partial charge in [0.2, 0.25) is 5.91 Å². The van der Waals surface area contributed by atoms with E-state index in [1.807, 2.05) is 0 Å². The molecule has 3 unspecified atom stereocenters. The van der Waals surface area contributed by atoms with Crippen LogP contribution in [-0.4, -0.2) is 36.2 Å². The Labute approximate surface area is 115 Å². The largest absolute Gasteiger partial charge is 0.396 e. The van der Waals surface area contributed by atoms with E-state index >= 15 is 0 Å². The maximum absolute atomic E-state index is 12.2. The second-order valence-corrected chi connectivity index (χ2v) is 6.80. The first kappa shape index (κ1) is 13.4. The highest BCUT2D eigenvalue weighted by atomic mass is 16.3. The highest BCUT2D eigenvalue weighted by Gasteiger charge is 2.43. The minimum Gasteiger partial charge on any atom is -0.396 e. The van der Waals surface area contributed by atoms with Crippen molar-refractivity contribution < 1.29 is 9.90 Å². The lowest BCUT2D eigenvalue weighted by Crippen LogP contribution is -2.44. The smallest absolute Gasteiger partial charge is 0.237 e. The van der Waals surface area contributed by atoms with Crippen molar-refractivity contribution in [3.8, 4) is 0 Å². The fraction of sp³-hybridized carbons (Fsp3) is 0.933. The molecule has 3 fully saturated rings. The van der Waals surface area contributed by atoms with Crippen LogP contribution in [0.3, 0.4) is 0 Å². The van der Waals surface area contributed by atoms with Crippen molar-refractivity contribution in [3.63, 3.8) is 0 Å². The van der Waals surface area contributed by atoms with Crippen molar-refractivity contribution >= 4 is 5.91 Å². The summed E-state index contributed by atoms with van der Waals surface area (Å²) in [6.45, 7) is 0.988. The minimum atomic E-state index is 0.0260. The molecule has 2 saturated carbocycles. The molecule has 3 N–H and O–H groups in total. The molecule has 0 bridgehead atoms. The highest BCUT2D eigenvalue weighted by Crippen LogP contribution is 2.47. The van der Waals surface area contributed by atoms with Crippen molar-refractivity contribution in [2.24, 2.45) is 11.3 Å². The standard InChI is InChI=1S/C15H26N2O2/c18-8-7-15(5-6-15)10-16-14(19)13-9-11-3-1-2-4-12(11)17-13/h11-13,17-18H,1-10H2,(H,16,19). The van der Waals surface area contributed by atoms with Gasteiger partial charge >= 0.3 is 0 Å². The number of aliphatic hydroxyl groups is 1. The summed E-state index contributed by atoms with van der Waals surface area (Å²) in [5, 5.41) is 15.7. The molecule has 3 atom stereocenters. The molecule has 1 aliphatic heterocycles. The Bertz CT molecular complexity index is 327. The highest BCUT2D eigenvalue weighted by molar-refractivity contribution is 5.82. The third-order valence-electron chi connectivity index (χ3n) is 5.42. The molecule has 1 heterocycles. The zero-order chi connectivity index (χ0) is 13.3. The molecule has 1 saturated heterocycles. The molecular formula is C15H26N2O2. The first-order chi connectivity index (χ1) is 9.22. The number of aliphatic hydroxyl groups excluding tert-OH is 1. The summed E-state index contributed by atoms with van der Waals surface area (Å²) < 4.78 is 0. The van der Waals surface area contributed by atoms with E-state index in [4.69, 9.17) is 5.11 Å². The summed E-state index contributed by atoms with van der Waals surface area (Å²) in [7, 11) is 0. The Balaban J connectivity index is 1.46. The van der Waals surface area contributed by atoms with Crippen molar-refractivity contribution in [3.05, 3.63) is 0 Å². The number of nitrogens with one attached hydrogen (secondary N) is 2. The Kier molecular flexibility index (Phi) is 3.81. The second-order valence-electron chi connectivity index (χ2n) is 6.80. The van der Waals surface area contributed by atoms with Crippen LogP contribution in [0.1, 0.15) is 51.4 Å². The van der Waals surface area contributed by atoms with E-state index in [9.17, 15) is 4.79 Å². The molecule has 4 heteroatoms. The predicted molar refractivity (Wildman–Crippen MR) is 73.7 cm³/mol. The molecule has 0 aromatic heterocycles.